The summed E-state index contributed by atoms with van der Waals surface area (Å²) in [5.74, 6) is 1.45. The molecule has 0 aromatic heterocycles. The van der Waals surface area contributed by atoms with Gasteiger partial charge in [-0.25, -0.2) is 0 Å². The maximum absolute atomic E-state index is 10.9. The third-order valence-corrected chi connectivity index (χ3v) is 3.06. The summed E-state index contributed by atoms with van der Waals surface area (Å²) in [6.07, 6.45) is 0.848. The molecule has 0 radical (unpaired) electrons. The number of aldehydes is 1. The normalized spacial score (nSPS) is 10.1. The molecule has 98 valence electrons. The van der Waals surface area contributed by atoms with Crippen molar-refractivity contribution in [3.8, 4) is 22.6 Å². The average molecular weight is 256 g/mol. The number of aryl methyl sites for hydroxylation is 1. The number of ether oxygens (including phenoxy) is 2. The van der Waals surface area contributed by atoms with Gasteiger partial charge in [0.15, 0.2) is 0 Å². The van der Waals surface area contributed by atoms with Crippen LogP contribution in [0, 0.1) is 6.92 Å². The fourth-order valence-electron chi connectivity index (χ4n) is 1.99. The zero-order valence-corrected chi connectivity index (χ0v) is 11.3. The summed E-state index contributed by atoms with van der Waals surface area (Å²) >= 11 is 0. The van der Waals surface area contributed by atoms with Crippen LogP contribution in [-0.4, -0.2) is 20.5 Å². The van der Waals surface area contributed by atoms with E-state index in [1.165, 1.54) is 0 Å². The van der Waals surface area contributed by atoms with E-state index in [4.69, 9.17) is 9.47 Å². The van der Waals surface area contributed by atoms with Crippen molar-refractivity contribution in [1.82, 2.24) is 0 Å². The molecular formula is C16H16O3. The molecule has 0 aliphatic carbocycles. The van der Waals surface area contributed by atoms with E-state index in [0.717, 1.165) is 34.5 Å². The van der Waals surface area contributed by atoms with Gasteiger partial charge < -0.3 is 9.47 Å². The average Bonchev–Trinajstić information content (AvgIpc) is 2.47. The lowest BCUT2D eigenvalue weighted by Gasteiger charge is -2.11. The summed E-state index contributed by atoms with van der Waals surface area (Å²) in [4.78, 5) is 10.9. The van der Waals surface area contributed by atoms with Crippen molar-refractivity contribution in [3.63, 3.8) is 0 Å². The zero-order valence-electron chi connectivity index (χ0n) is 11.3. The quantitative estimate of drug-likeness (QED) is 0.785. The van der Waals surface area contributed by atoms with E-state index in [1.807, 2.05) is 43.3 Å². The van der Waals surface area contributed by atoms with Crippen molar-refractivity contribution < 1.29 is 14.3 Å². The topological polar surface area (TPSA) is 35.5 Å². The van der Waals surface area contributed by atoms with Gasteiger partial charge in [-0.1, -0.05) is 12.1 Å². The molecule has 0 bridgehead atoms. The fourth-order valence-corrected chi connectivity index (χ4v) is 1.99. The number of carbonyl (C=O) groups excluding carboxylic acids is 1. The van der Waals surface area contributed by atoms with Crippen LogP contribution in [0.5, 0.6) is 11.5 Å². The molecule has 0 saturated heterocycles. The van der Waals surface area contributed by atoms with Crippen molar-refractivity contribution in [2.45, 2.75) is 6.92 Å². The van der Waals surface area contributed by atoms with E-state index in [0.29, 0.717) is 5.56 Å². The highest BCUT2D eigenvalue weighted by molar-refractivity contribution is 5.80. The number of hydrogen-bond acceptors (Lipinski definition) is 3. The summed E-state index contributed by atoms with van der Waals surface area (Å²) in [5.41, 5.74) is 3.72. The fraction of sp³-hybridized carbons (Fsp3) is 0.188. The Labute approximate surface area is 112 Å². The minimum absolute atomic E-state index is 0.655. The Balaban J connectivity index is 2.60. The van der Waals surface area contributed by atoms with Crippen LogP contribution in [-0.2, 0) is 0 Å². The van der Waals surface area contributed by atoms with E-state index in [9.17, 15) is 4.79 Å². The van der Waals surface area contributed by atoms with E-state index in [2.05, 4.69) is 0 Å². The Morgan fingerprint density at radius 1 is 0.947 bits per heavy atom. The predicted octanol–water partition coefficient (Wildman–Crippen LogP) is 3.49. The highest BCUT2D eigenvalue weighted by Gasteiger charge is 2.07. The largest absolute Gasteiger partial charge is 0.497 e. The molecule has 0 saturated carbocycles. The standard InChI is InChI=1S/C16H16O3/c1-11-4-5-12(10-17)6-16(11)13-7-14(18-2)9-15(8-13)19-3/h4-10H,1-3H3. The second-order valence-electron chi connectivity index (χ2n) is 4.29. The molecule has 0 atom stereocenters. The lowest BCUT2D eigenvalue weighted by atomic mass is 9.98. The Hall–Kier alpha value is -2.29. The van der Waals surface area contributed by atoms with Crippen LogP contribution in [0.4, 0.5) is 0 Å². The lowest BCUT2D eigenvalue weighted by molar-refractivity contribution is 0.112. The Morgan fingerprint density at radius 2 is 1.58 bits per heavy atom. The molecule has 0 N–H and O–H groups in total. The van der Waals surface area contributed by atoms with Gasteiger partial charge in [-0.3, -0.25) is 4.79 Å². The van der Waals surface area contributed by atoms with E-state index < -0.39 is 0 Å². The smallest absolute Gasteiger partial charge is 0.150 e. The molecule has 0 amide bonds. The molecule has 0 heterocycles. The third-order valence-electron chi connectivity index (χ3n) is 3.06. The number of benzene rings is 2. The maximum atomic E-state index is 10.9. The minimum atomic E-state index is 0.655. The van der Waals surface area contributed by atoms with Gasteiger partial charge in [0.1, 0.15) is 17.8 Å². The van der Waals surface area contributed by atoms with Crippen LogP contribution in [0.25, 0.3) is 11.1 Å². The number of methoxy groups -OCH3 is 2. The molecule has 2 rings (SSSR count). The highest BCUT2D eigenvalue weighted by Crippen LogP contribution is 2.31. The Bertz CT molecular complexity index is 581. The minimum Gasteiger partial charge on any atom is -0.497 e. The molecule has 3 heteroatoms. The molecule has 0 fully saturated rings. The first kappa shape index (κ1) is 13.1. The van der Waals surface area contributed by atoms with Crippen molar-refractivity contribution in [2.75, 3.05) is 14.2 Å². The van der Waals surface area contributed by atoms with Crippen molar-refractivity contribution in [2.24, 2.45) is 0 Å². The van der Waals surface area contributed by atoms with Crippen LogP contribution < -0.4 is 9.47 Å². The van der Waals surface area contributed by atoms with Gasteiger partial charge in [-0.2, -0.15) is 0 Å². The summed E-state index contributed by atoms with van der Waals surface area (Å²) < 4.78 is 10.5. The van der Waals surface area contributed by atoms with Crippen LogP contribution >= 0.6 is 0 Å². The van der Waals surface area contributed by atoms with Gasteiger partial charge >= 0.3 is 0 Å². The predicted molar refractivity (Wildman–Crippen MR) is 75.1 cm³/mol. The number of carbonyl (C=O) groups is 1. The molecular weight excluding hydrogens is 240 g/mol. The van der Waals surface area contributed by atoms with Crippen molar-refractivity contribution >= 4 is 6.29 Å². The monoisotopic (exact) mass is 256 g/mol. The van der Waals surface area contributed by atoms with Gasteiger partial charge in [-0.15, -0.1) is 0 Å². The van der Waals surface area contributed by atoms with Gasteiger partial charge in [0.2, 0.25) is 0 Å². The third kappa shape index (κ3) is 2.76. The number of rotatable bonds is 4. The Morgan fingerprint density at radius 3 is 2.11 bits per heavy atom. The zero-order chi connectivity index (χ0) is 13.8. The first-order valence-electron chi connectivity index (χ1n) is 5.97. The van der Waals surface area contributed by atoms with Crippen LogP contribution in [0.15, 0.2) is 36.4 Å². The SMILES string of the molecule is COc1cc(OC)cc(-c2cc(C=O)ccc2C)c1. The summed E-state index contributed by atoms with van der Waals surface area (Å²) in [5, 5.41) is 0. The summed E-state index contributed by atoms with van der Waals surface area (Å²) in [6.45, 7) is 2.01. The number of hydrogen-bond donors (Lipinski definition) is 0. The first-order chi connectivity index (χ1) is 9.17. The van der Waals surface area contributed by atoms with Gasteiger partial charge in [0.25, 0.3) is 0 Å². The van der Waals surface area contributed by atoms with Gasteiger partial charge in [0.05, 0.1) is 14.2 Å². The Kier molecular flexibility index (Phi) is 3.85. The second kappa shape index (κ2) is 5.57. The van der Waals surface area contributed by atoms with Gasteiger partial charge in [-0.05, 0) is 41.8 Å². The maximum Gasteiger partial charge on any atom is 0.150 e. The molecule has 3 nitrogen and oxygen atoms in total. The van der Waals surface area contributed by atoms with E-state index >= 15 is 0 Å². The van der Waals surface area contributed by atoms with Crippen LogP contribution in [0.1, 0.15) is 15.9 Å². The molecule has 2 aromatic rings. The molecule has 0 spiro atoms. The van der Waals surface area contributed by atoms with Crippen LogP contribution in [0.2, 0.25) is 0 Å². The highest BCUT2D eigenvalue weighted by atomic mass is 16.5. The van der Waals surface area contributed by atoms with E-state index in [-0.39, 0.29) is 0 Å². The molecule has 19 heavy (non-hydrogen) atoms. The van der Waals surface area contributed by atoms with Crippen LogP contribution in [0.3, 0.4) is 0 Å². The van der Waals surface area contributed by atoms with Gasteiger partial charge in [0, 0.05) is 11.6 Å². The van der Waals surface area contributed by atoms with Crippen molar-refractivity contribution in [1.29, 1.82) is 0 Å². The van der Waals surface area contributed by atoms with Crippen molar-refractivity contribution in [3.05, 3.63) is 47.5 Å². The van der Waals surface area contributed by atoms with E-state index in [1.54, 1.807) is 14.2 Å². The molecule has 0 unspecified atom stereocenters. The second-order valence-corrected chi connectivity index (χ2v) is 4.29. The first-order valence-corrected chi connectivity index (χ1v) is 5.97. The summed E-state index contributed by atoms with van der Waals surface area (Å²) in [6, 6.07) is 11.3. The lowest BCUT2D eigenvalue weighted by Crippen LogP contribution is -1.91. The molecule has 0 aliphatic heterocycles. The molecule has 0 aliphatic rings. The molecule has 2 aromatic carbocycles. The summed E-state index contributed by atoms with van der Waals surface area (Å²) in [7, 11) is 3.24.